The van der Waals surface area contributed by atoms with Crippen molar-refractivity contribution in [3.63, 3.8) is 0 Å². The fraction of sp³-hybridized carbons (Fsp3) is 0.750. The summed E-state index contributed by atoms with van der Waals surface area (Å²) >= 11 is 0. The molecular formula is C16H30N3O11P. The molecule has 0 aromatic carbocycles. The summed E-state index contributed by atoms with van der Waals surface area (Å²) in [6.45, 7) is 3.56. The molecule has 1 atom stereocenters. The van der Waals surface area contributed by atoms with E-state index in [1.807, 2.05) is 0 Å². The van der Waals surface area contributed by atoms with Crippen molar-refractivity contribution < 1.29 is 52.1 Å². The van der Waals surface area contributed by atoms with Gasteiger partial charge < -0.3 is 34.7 Å². The number of carboxylic acids is 1. The monoisotopic (exact) mass is 471 g/mol. The van der Waals surface area contributed by atoms with Crippen LogP contribution in [0.1, 0.15) is 27.2 Å². The highest BCUT2D eigenvalue weighted by molar-refractivity contribution is 7.52. The normalized spacial score (nSPS) is 12.6. The summed E-state index contributed by atoms with van der Waals surface area (Å²) in [6.07, 6.45) is -1.70. The third-order valence-electron chi connectivity index (χ3n) is 3.37. The van der Waals surface area contributed by atoms with Crippen molar-refractivity contribution in [3.05, 3.63) is 0 Å². The first-order valence-electron chi connectivity index (χ1n) is 9.39. The minimum atomic E-state index is -4.30. The molecule has 0 aliphatic rings. The summed E-state index contributed by atoms with van der Waals surface area (Å²) in [5, 5.41) is 9.22. The Morgan fingerprint density at radius 3 is 1.74 bits per heavy atom. The van der Waals surface area contributed by atoms with E-state index in [0.717, 1.165) is 4.90 Å². The van der Waals surface area contributed by atoms with Gasteiger partial charge in [-0.25, -0.2) is 18.9 Å². The van der Waals surface area contributed by atoms with E-state index in [1.165, 1.54) is 7.05 Å². The van der Waals surface area contributed by atoms with Crippen LogP contribution in [-0.4, -0.2) is 87.0 Å². The number of aliphatic carboxylic acids is 1. The van der Waals surface area contributed by atoms with Gasteiger partial charge in [0, 0.05) is 7.05 Å². The summed E-state index contributed by atoms with van der Waals surface area (Å²) in [5.74, 6) is -1.58. The van der Waals surface area contributed by atoms with Crippen LogP contribution < -0.4 is 5.73 Å². The molecule has 1 unspecified atom stereocenters. The first-order valence-corrected chi connectivity index (χ1v) is 10.9. The standard InChI is InChI=1S/C16H30N3O11P/c1-5-12(13(20)21)19(4)14(17)18-31(24,29-10-8-27-15(22)25-6-2)30-11-9-28-16(23)26-7-3/h12H,5-11H2,1-4H3,(H,20,21)(H2,17,18,24). The van der Waals surface area contributed by atoms with E-state index in [4.69, 9.17) is 14.8 Å². The van der Waals surface area contributed by atoms with Gasteiger partial charge in [-0.15, -0.1) is 4.76 Å². The molecule has 15 heteroatoms. The van der Waals surface area contributed by atoms with Crippen molar-refractivity contribution >= 4 is 32.0 Å². The second kappa shape index (κ2) is 15.3. The van der Waals surface area contributed by atoms with E-state index in [1.54, 1.807) is 20.8 Å². The van der Waals surface area contributed by atoms with Gasteiger partial charge in [-0.2, -0.15) is 0 Å². The average Bonchev–Trinajstić information content (AvgIpc) is 2.69. The van der Waals surface area contributed by atoms with Crippen LogP contribution >= 0.6 is 7.75 Å². The lowest BCUT2D eigenvalue weighted by Crippen LogP contribution is -2.45. The molecule has 180 valence electrons. The molecule has 14 nitrogen and oxygen atoms in total. The molecule has 0 aliphatic carbocycles. The molecular weight excluding hydrogens is 441 g/mol. The molecule has 0 amide bonds. The van der Waals surface area contributed by atoms with E-state index >= 15 is 0 Å². The smallest absolute Gasteiger partial charge is 0.480 e. The number of hydrogen-bond acceptors (Lipinski definition) is 10. The van der Waals surface area contributed by atoms with Gasteiger partial charge in [-0.3, -0.25) is 9.05 Å². The van der Waals surface area contributed by atoms with Crippen LogP contribution in [0.15, 0.2) is 4.76 Å². The topological polar surface area (TPSA) is 186 Å². The molecule has 0 radical (unpaired) electrons. The Morgan fingerprint density at radius 2 is 1.39 bits per heavy atom. The van der Waals surface area contributed by atoms with Crippen LogP contribution in [0.2, 0.25) is 0 Å². The Bertz CT molecular complexity index is 629. The first-order chi connectivity index (χ1) is 14.6. The van der Waals surface area contributed by atoms with Gasteiger partial charge in [-0.05, 0) is 20.3 Å². The predicted octanol–water partition coefficient (Wildman–Crippen LogP) is 1.58. The van der Waals surface area contributed by atoms with Gasteiger partial charge in [0.25, 0.3) is 0 Å². The molecule has 0 heterocycles. The minimum Gasteiger partial charge on any atom is -0.480 e. The maximum atomic E-state index is 12.9. The van der Waals surface area contributed by atoms with Crippen LogP contribution in [0.25, 0.3) is 0 Å². The Kier molecular flexibility index (Phi) is 14.0. The fourth-order valence-corrected chi connectivity index (χ4v) is 3.13. The molecule has 0 spiro atoms. The second-order valence-corrected chi connectivity index (χ2v) is 7.18. The highest BCUT2D eigenvalue weighted by atomic mass is 31.2. The van der Waals surface area contributed by atoms with E-state index in [2.05, 4.69) is 23.7 Å². The highest BCUT2D eigenvalue weighted by Crippen LogP contribution is 2.49. The zero-order valence-electron chi connectivity index (χ0n) is 18.0. The Balaban J connectivity index is 5.13. The lowest BCUT2D eigenvalue weighted by atomic mass is 10.2. The SMILES string of the molecule is CCOC(=O)OCCOP(=O)(N=C(N)N(C)C(CC)C(=O)O)OCCOC(=O)OCC. The van der Waals surface area contributed by atoms with Crippen LogP contribution in [-0.2, 0) is 37.4 Å². The van der Waals surface area contributed by atoms with Crippen LogP contribution in [0.3, 0.4) is 0 Å². The van der Waals surface area contributed by atoms with Crippen molar-refractivity contribution in [1.29, 1.82) is 0 Å². The maximum Gasteiger partial charge on any atom is 0.508 e. The van der Waals surface area contributed by atoms with E-state index in [-0.39, 0.29) is 32.8 Å². The molecule has 0 bridgehead atoms. The van der Waals surface area contributed by atoms with Crippen LogP contribution in [0, 0.1) is 0 Å². The van der Waals surface area contributed by atoms with Gasteiger partial charge >= 0.3 is 26.0 Å². The van der Waals surface area contributed by atoms with Crippen molar-refractivity contribution in [2.75, 3.05) is 46.7 Å². The Morgan fingerprint density at radius 1 is 0.935 bits per heavy atom. The number of carboxylic acid groups (broad SMARTS) is 1. The predicted molar refractivity (Wildman–Crippen MR) is 107 cm³/mol. The quantitative estimate of drug-likeness (QED) is 0.122. The number of guanidine groups is 1. The number of hydrogen-bond donors (Lipinski definition) is 2. The Hall–Kier alpha value is -2.57. The third-order valence-corrected chi connectivity index (χ3v) is 4.83. The van der Waals surface area contributed by atoms with E-state index in [0.29, 0.717) is 0 Å². The summed E-state index contributed by atoms with van der Waals surface area (Å²) in [7, 11) is -2.95. The lowest BCUT2D eigenvalue weighted by Gasteiger charge is -2.25. The van der Waals surface area contributed by atoms with Crippen molar-refractivity contribution in [2.24, 2.45) is 10.5 Å². The largest absolute Gasteiger partial charge is 0.508 e. The van der Waals surface area contributed by atoms with E-state index in [9.17, 15) is 24.1 Å². The number of rotatable bonds is 14. The third kappa shape index (κ3) is 12.0. The van der Waals surface area contributed by atoms with E-state index < -0.39 is 51.2 Å². The number of nitrogens with two attached hydrogens (primary N) is 1. The lowest BCUT2D eigenvalue weighted by molar-refractivity contribution is -0.141. The van der Waals surface area contributed by atoms with Gasteiger partial charge in [0.15, 0.2) is 0 Å². The van der Waals surface area contributed by atoms with Crippen molar-refractivity contribution in [1.82, 2.24) is 4.90 Å². The molecule has 31 heavy (non-hydrogen) atoms. The molecule has 0 aromatic heterocycles. The number of nitrogens with zero attached hydrogens (tertiary/aromatic N) is 2. The zero-order valence-corrected chi connectivity index (χ0v) is 18.9. The van der Waals surface area contributed by atoms with Crippen LogP contribution in [0.4, 0.5) is 9.59 Å². The Labute approximate surface area is 180 Å². The number of ether oxygens (including phenoxy) is 4. The molecule has 0 aromatic rings. The summed E-state index contributed by atoms with van der Waals surface area (Å²) in [6, 6.07) is -1.03. The second-order valence-electron chi connectivity index (χ2n) is 5.53. The zero-order chi connectivity index (χ0) is 23.9. The molecule has 0 saturated carbocycles. The van der Waals surface area contributed by atoms with Gasteiger partial charge in [-0.1, -0.05) is 6.92 Å². The number of carbonyl (C=O) groups excluding carboxylic acids is 2. The summed E-state index contributed by atoms with van der Waals surface area (Å²) < 4.78 is 45.3. The fourth-order valence-electron chi connectivity index (χ4n) is 1.94. The summed E-state index contributed by atoms with van der Waals surface area (Å²) in [5.41, 5.74) is 5.77. The van der Waals surface area contributed by atoms with Crippen molar-refractivity contribution in [3.8, 4) is 0 Å². The molecule has 3 N–H and O–H groups in total. The maximum absolute atomic E-state index is 12.9. The molecule has 0 rings (SSSR count). The van der Waals surface area contributed by atoms with Crippen LogP contribution in [0.5, 0.6) is 0 Å². The minimum absolute atomic E-state index is 0.108. The number of likely N-dealkylation sites (N-methyl/N-ethyl adjacent to an activating group) is 1. The van der Waals surface area contributed by atoms with Gasteiger partial charge in [0.1, 0.15) is 19.3 Å². The van der Waals surface area contributed by atoms with Gasteiger partial charge in [0.2, 0.25) is 5.96 Å². The van der Waals surface area contributed by atoms with Crippen molar-refractivity contribution in [2.45, 2.75) is 33.2 Å². The molecule has 0 saturated heterocycles. The highest BCUT2D eigenvalue weighted by Gasteiger charge is 2.29. The average molecular weight is 471 g/mol. The van der Waals surface area contributed by atoms with Gasteiger partial charge in [0.05, 0.1) is 26.4 Å². The summed E-state index contributed by atoms with van der Waals surface area (Å²) in [4.78, 5) is 34.7. The molecule has 0 aliphatic heterocycles. The molecule has 0 fully saturated rings. The number of carbonyl (C=O) groups is 3. The first kappa shape index (κ1) is 28.4.